The molecule has 0 bridgehead atoms. The van der Waals surface area contributed by atoms with Crippen LogP contribution in [0.25, 0.3) is 0 Å². The normalized spacial score (nSPS) is 14.5. The third-order valence-electron chi connectivity index (χ3n) is 2.95. The lowest BCUT2D eigenvalue weighted by Crippen LogP contribution is -2.11. The Morgan fingerprint density at radius 2 is 1.93 bits per heavy atom. The maximum Gasteiger partial charge on any atom is 0.123 e. The number of benzene rings is 1. The second-order valence-electron chi connectivity index (χ2n) is 4.15. The van der Waals surface area contributed by atoms with Crippen molar-refractivity contribution in [3.05, 3.63) is 35.9 Å². The van der Waals surface area contributed by atoms with Crippen LogP contribution in [0.2, 0.25) is 0 Å². The number of hydrogen-bond acceptors (Lipinski definition) is 1. The Bertz CT molecular complexity index is 279. The van der Waals surface area contributed by atoms with Gasteiger partial charge in [0.05, 0.1) is 0 Å². The largest absolute Gasteiger partial charge is 0.303 e. The Balaban J connectivity index is 2.76. The molecule has 1 aromatic carbocycles. The highest BCUT2D eigenvalue weighted by Crippen LogP contribution is 2.28. The van der Waals surface area contributed by atoms with Crippen molar-refractivity contribution >= 4 is 6.29 Å². The van der Waals surface area contributed by atoms with Crippen molar-refractivity contribution < 1.29 is 4.79 Å². The number of hydrogen-bond donors (Lipinski definition) is 0. The van der Waals surface area contributed by atoms with Gasteiger partial charge in [0.25, 0.3) is 0 Å². The molecule has 0 fully saturated rings. The summed E-state index contributed by atoms with van der Waals surface area (Å²) in [6.07, 6.45) is 4.57. The molecule has 0 saturated heterocycles. The van der Waals surface area contributed by atoms with Gasteiger partial charge in [-0.2, -0.15) is 0 Å². The van der Waals surface area contributed by atoms with Crippen molar-refractivity contribution in [1.82, 2.24) is 0 Å². The number of aldehydes is 1. The summed E-state index contributed by atoms with van der Waals surface area (Å²) < 4.78 is 0. The molecule has 82 valence electrons. The van der Waals surface area contributed by atoms with E-state index in [4.69, 9.17) is 0 Å². The van der Waals surface area contributed by atoms with Gasteiger partial charge >= 0.3 is 0 Å². The molecule has 2 unspecified atom stereocenters. The maximum atomic E-state index is 10.9. The Morgan fingerprint density at radius 1 is 1.27 bits per heavy atom. The van der Waals surface area contributed by atoms with E-state index in [1.165, 1.54) is 18.4 Å². The van der Waals surface area contributed by atoms with Crippen LogP contribution in [0.3, 0.4) is 0 Å². The second kappa shape index (κ2) is 6.39. The van der Waals surface area contributed by atoms with Gasteiger partial charge in [-0.25, -0.2) is 0 Å². The molecule has 0 aromatic heterocycles. The molecule has 1 heteroatoms. The van der Waals surface area contributed by atoms with Gasteiger partial charge in [-0.15, -0.1) is 0 Å². The number of carbonyl (C=O) groups excluding carboxylic acids is 1. The van der Waals surface area contributed by atoms with Gasteiger partial charge in [-0.3, -0.25) is 0 Å². The molecule has 1 nitrogen and oxygen atoms in total. The second-order valence-corrected chi connectivity index (χ2v) is 4.15. The number of rotatable bonds is 6. The molecule has 0 radical (unpaired) electrons. The van der Waals surface area contributed by atoms with Crippen LogP contribution in [0.15, 0.2) is 30.3 Å². The van der Waals surface area contributed by atoms with Crippen molar-refractivity contribution in [2.24, 2.45) is 5.92 Å². The SMILES string of the molecule is CCCCC(c1ccccc1)C(C)C=O. The minimum absolute atomic E-state index is 0.124. The van der Waals surface area contributed by atoms with E-state index in [1.807, 2.05) is 25.1 Å². The first-order valence-electron chi connectivity index (χ1n) is 5.79. The Morgan fingerprint density at radius 3 is 2.47 bits per heavy atom. The van der Waals surface area contributed by atoms with Crippen LogP contribution in [0, 0.1) is 5.92 Å². The van der Waals surface area contributed by atoms with Crippen molar-refractivity contribution in [3.63, 3.8) is 0 Å². The average molecular weight is 204 g/mol. The van der Waals surface area contributed by atoms with Crippen LogP contribution in [-0.2, 0) is 4.79 Å². The lowest BCUT2D eigenvalue weighted by molar-refractivity contribution is -0.111. The first kappa shape index (κ1) is 12.0. The summed E-state index contributed by atoms with van der Waals surface area (Å²) >= 11 is 0. The van der Waals surface area contributed by atoms with Gasteiger partial charge in [0, 0.05) is 5.92 Å². The van der Waals surface area contributed by atoms with Crippen LogP contribution in [0.1, 0.15) is 44.6 Å². The van der Waals surface area contributed by atoms with Crippen molar-refractivity contribution in [3.8, 4) is 0 Å². The smallest absolute Gasteiger partial charge is 0.123 e. The number of carbonyl (C=O) groups is 1. The lowest BCUT2D eigenvalue weighted by atomic mass is 9.84. The summed E-state index contributed by atoms with van der Waals surface area (Å²) in [5.41, 5.74) is 1.30. The van der Waals surface area contributed by atoms with E-state index in [2.05, 4.69) is 19.1 Å². The fourth-order valence-electron chi connectivity index (χ4n) is 1.95. The van der Waals surface area contributed by atoms with Gasteiger partial charge < -0.3 is 4.79 Å². The van der Waals surface area contributed by atoms with Gasteiger partial charge in [0.15, 0.2) is 0 Å². The quantitative estimate of drug-likeness (QED) is 0.644. The lowest BCUT2D eigenvalue weighted by Gasteiger charge is -2.20. The molecule has 0 aliphatic carbocycles. The molecule has 2 atom stereocenters. The zero-order valence-electron chi connectivity index (χ0n) is 9.65. The first-order chi connectivity index (χ1) is 7.29. The maximum absolute atomic E-state index is 10.9. The predicted octanol–water partition coefficient (Wildman–Crippen LogP) is 3.80. The highest BCUT2D eigenvalue weighted by molar-refractivity contribution is 5.55. The molecule has 0 amide bonds. The summed E-state index contributed by atoms with van der Waals surface area (Å²) in [5, 5.41) is 0. The molecule has 15 heavy (non-hydrogen) atoms. The molecular weight excluding hydrogens is 184 g/mol. The summed E-state index contributed by atoms with van der Waals surface area (Å²) in [6, 6.07) is 10.4. The zero-order valence-corrected chi connectivity index (χ0v) is 9.65. The minimum atomic E-state index is 0.124. The molecular formula is C14H20O. The molecule has 1 rings (SSSR count). The van der Waals surface area contributed by atoms with Gasteiger partial charge in [0.2, 0.25) is 0 Å². The van der Waals surface area contributed by atoms with Crippen molar-refractivity contribution in [2.75, 3.05) is 0 Å². The summed E-state index contributed by atoms with van der Waals surface area (Å²) in [6.45, 7) is 4.20. The van der Waals surface area contributed by atoms with Crippen molar-refractivity contribution in [2.45, 2.75) is 39.0 Å². The monoisotopic (exact) mass is 204 g/mol. The molecule has 0 heterocycles. The fraction of sp³-hybridized carbons (Fsp3) is 0.500. The van der Waals surface area contributed by atoms with E-state index in [0.717, 1.165) is 12.7 Å². The Kier molecular flexibility index (Phi) is 5.09. The van der Waals surface area contributed by atoms with E-state index in [-0.39, 0.29) is 5.92 Å². The van der Waals surface area contributed by atoms with E-state index in [0.29, 0.717) is 5.92 Å². The Hall–Kier alpha value is -1.11. The van der Waals surface area contributed by atoms with Crippen LogP contribution in [-0.4, -0.2) is 6.29 Å². The molecule has 1 aromatic rings. The van der Waals surface area contributed by atoms with Crippen molar-refractivity contribution in [1.29, 1.82) is 0 Å². The molecule has 0 aliphatic heterocycles. The van der Waals surface area contributed by atoms with Crippen LogP contribution in [0.4, 0.5) is 0 Å². The Labute approximate surface area is 92.5 Å². The topological polar surface area (TPSA) is 17.1 Å². The highest BCUT2D eigenvalue weighted by atomic mass is 16.1. The van der Waals surface area contributed by atoms with E-state index >= 15 is 0 Å². The molecule has 0 aliphatic rings. The van der Waals surface area contributed by atoms with E-state index in [1.54, 1.807) is 0 Å². The standard InChI is InChI=1S/C14H20O/c1-3-4-10-14(12(2)11-15)13-8-6-5-7-9-13/h5-9,11-12,14H,3-4,10H2,1-2H3. The van der Waals surface area contributed by atoms with E-state index in [9.17, 15) is 4.79 Å². The minimum Gasteiger partial charge on any atom is -0.303 e. The average Bonchev–Trinajstić information content (AvgIpc) is 2.30. The third kappa shape index (κ3) is 3.50. The summed E-state index contributed by atoms with van der Waals surface area (Å²) in [5.74, 6) is 0.516. The van der Waals surface area contributed by atoms with Gasteiger partial charge in [-0.05, 0) is 17.9 Å². The third-order valence-corrected chi connectivity index (χ3v) is 2.95. The summed E-state index contributed by atoms with van der Waals surface area (Å²) in [4.78, 5) is 10.9. The van der Waals surface area contributed by atoms with Gasteiger partial charge in [0.1, 0.15) is 6.29 Å². The van der Waals surface area contributed by atoms with Crippen LogP contribution >= 0.6 is 0 Å². The molecule has 0 saturated carbocycles. The van der Waals surface area contributed by atoms with Crippen LogP contribution in [0.5, 0.6) is 0 Å². The van der Waals surface area contributed by atoms with E-state index < -0.39 is 0 Å². The highest BCUT2D eigenvalue weighted by Gasteiger charge is 2.17. The van der Waals surface area contributed by atoms with Crippen LogP contribution < -0.4 is 0 Å². The molecule has 0 N–H and O–H groups in total. The number of unbranched alkanes of at least 4 members (excludes halogenated alkanes) is 1. The fourth-order valence-corrected chi connectivity index (χ4v) is 1.95. The van der Waals surface area contributed by atoms with Gasteiger partial charge in [-0.1, -0.05) is 57.0 Å². The first-order valence-corrected chi connectivity index (χ1v) is 5.79. The zero-order chi connectivity index (χ0) is 11.1. The molecule has 0 spiro atoms. The summed E-state index contributed by atoms with van der Waals surface area (Å²) in [7, 11) is 0. The predicted molar refractivity (Wildman–Crippen MR) is 63.9 cm³/mol.